The number of nitrogens with zero attached hydrogens (tertiary/aromatic N) is 3. The van der Waals surface area contributed by atoms with Crippen LogP contribution in [0.5, 0.6) is 0 Å². The van der Waals surface area contributed by atoms with Crippen molar-refractivity contribution in [2.24, 2.45) is 0 Å². The van der Waals surface area contributed by atoms with Crippen molar-refractivity contribution >= 4 is 22.9 Å². The standard InChI is InChI=1S/C18H24ClN3S/c1-21(2)17-4-3-9-22(12-17)11-16-13-23-18(20-16)10-14-5-7-15(19)8-6-14/h5-8,13,17H,3-4,9-12H2,1-2H3. The highest BCUT2D eigenvalue weighted by atomic mass is 35.5. The van der Waals surface area contributed by atoms with Gasteiger partial charge in [0, 0.05) is 36.0 Å². The van der Waals surface area contributed by atoms with E-state index in [0.717, 1.165) is 24.5 Å². The predicted molar refractivity (Wildman–Crippen MR) is 98.4 cm³/mol. The van der Waals surface area contributed by atoms with E-state index in [4.69, 9.17) is 16.6 Å². The molecule has 0 spiro atoms. The predicted octanol–water partition coefficient (Wildman–Crippen LogP) is 3.91. The van der Waals surface area contributed by atoms with Gasteiger partial charge in [0.25, 0.3) is 0 Å². The molecule has 5 heteroatoms. The van der Waals surface area contributed by atoms with Crippen molar-refractivity contribution in [2.45, 2.75) is 31.8 Å². The summed E-state index contributed by atoms with van der Waals surface area (Å²) in [5, 5.41) is 4.18. The molecule has 3 rings (SSSR count). The van der Waals surface area contributed by atoms with Gasteiger partial charge in [-0.3, -0.25) is 4.90 Å². The summed E-state index contributed by atoms with van der Waals surface area (Å²) >= 11 is 7.70. The molecule has 124 valence electrons. The first-order valence-electron chi connectivity index (χ1n) is 8.16. The van der Waals surface area contributed by atoms with Gasteiger partial charge in [0.1, 0.15) is 0 Å². The van der Waals surface area contributed by atoms with Crippen LogP contribution in [0.15, 0.2) is 29.6 Å². The molecule has 2 aromatic rings. The van der Waals surface area contributed by atoms with Gasteiger partial charge in [0.15, 0.2) is 0 Å². The Hall–Kier alpha value is -0.940. The number of hydrogen-bond acceptors (Lipinski definition) is 4. The zero-order valence-electron chi connectivity index (χ0n) is 13.8. The normalized spacial score (nSPS) is 19.4. The molecule has 3 nitrogen and oxygen atoms in total. The lowest BCUT2D eigenvalue weighted by molar-refractivity contribution is 0.127. The van der Waals surface area contributed by atoms with Crippen molar-refractivity contribution in [1.29, 1.82) is 0 Å². The number of benzene rings is 1. The fourth-order valence-corrected chi connectivity index (χ4v) is 4.05. The quantitative estimate of drug-likeness (QED) is 0.815. The Morgan fingerprint density at radius 3 is 2.83 bits per heavy atom. The van der Waals surface area contributed by atoms with E-state index >= 15 is 0 Å². The summed E-state index contributed by atoms with van der Waals surface area (Å²) in [6.45, 7) is 3.31. The summed E-state index contributed by atoms with van der Waals surface area (Å²) in [6.07, 6.45) is 3.48. The number of thiazole rings is 1. The number of halogens is 1. The summed E-state index contributed by atoms with van der Waals surface area (Å²) in [4.78, 5) is 9.71. The number of aromatic nitrogens is 1. The van der Waals surface area contributed by atoms with Crippen LogP contribution in [0.2, 0.25) is 5.02 Å². The maximum atomic E-state index is 5.94. The molecule has 0 N–H and O–H groups in total. The van der Waals surface area contributed by atoms with Crippen molar-refractivity contribution in [3.05, 3.63) is 50.9 Å². The van der Waals surface area contributed by atoms with Gasteiger partial charge in [-0.2, -0.15) is 0 Å². The van der Waals surface area contributed by atoms with Crippen LogP contribution in [-0.2, 0) is 13.0 Å². The van der Waals surface area contributed by atoms with Crippen LogP contribution in [0.3, 0.4) is 0 Å². The molecule has 23 heavy (non-hydrogen) atoms. The van der Waals surface area contributed by atoms with Crippen molar-refractivity contribution in [3.63, 3.8) is 0 Å². The zero-order chi connectivity index (χ0) is 16.2. The molecule has 0 saturated carbocycles. The van der Waals surface area contributed by atoms with E-state index in [-0.39, 0.29) is 0 Å². The highest BCUT2D eigenvalue weighted by molar-refractivity contribution is 7.09. The highest BCUT2D eigenvalue weighted by Crippen LogP contribution is 2.20. The number of likely N-dealkylation sites (N-methyl/N-ethyl adjacent to an activating group) is 1. The number of hydrogen-bond donors (Lipinski definition) is 0. The molecule has 0 bridgehead atoms. The fourth-order valence-electron chi connectivity index (χ4n) is 3.10. The van der Waals surface area contributed by atoms with Gasteiger partial charge in [0.2, 0.25) is 0 Å². The van der Waals surface area contributed by atoms with Crippen molar-refractivity contribution in [1.82, 2.24) is 14.8 Å². The molecule has 0 radical (unpaired) electrons. The van der Waals surface area contributed by atoms with Gasteiger partial charge in [0.05, 0.1) is 10.7 Å². The van der Waals surface area contributed by atoms with Crippen LogP contribution < -0.4 is 0 Å². The average molecular weight is 350 g/mol. The van der Waals surface area contributed by atoms with Crippen LogP contribution in [-0.4, -0.2) is 48.0 Å². The molecule has 0 aliphatic carbocycles. The summed E-state index contributed by atoms with van der Waals surface area (Å²) in [6, 6.07) is 8.72. The Balaban J connectivity index is 1.57. The topological polar surface area (TPSA) is 19.4 Å². The largest absolute Gasteiger partial charge is 0.305 e. The SMILES string of the molecule is CN(C)C1CCCN(Cc2csc(Cc3ccc(Cl)cc3)n2)C1. The van der Waals surface area contributed by atoms with E-state index in [1.54, 1.807) is 11.3 Å². The Kier molecular flexibility index (Phi) is 5.70. The van der Waals surface area contributed by atoms with Crippen LogP contribution in [0.25, 0.3) is 0 Å². The Labute approximate surface area is 147 Å². The second kappa shape index (κ2) is 7.75. The number of likely N-dealkylation sites (tertiary alicyclic amines) is 1. The Morgan fingerprint density at radius 2 is 2.09 bits per heavy atom. The Morgan fingerprint density at radius 1 is 1.30 bits per heavy atom. The van der Waals surface area contributed by atoms with Crippen molar-refractivity contribution < 1.29 is 0 Å². The number of piperidine rings is 1. The minimum atomic E-state index is 0.677. The highest BCUT2D eigenvalue weighted by Gasteiger charge is 2.21. The summed E-state index contributed by atoms with van der Waals surface area (Å²) in [7, 11) is 4.36. The van der Waals surface area contributed by atoms with Gasteiger partial charge in [-0.05, 0) is 51.2 Å². The van der Waals surface area contributed by atoms with Gasteiger partial charge < -0.3 is 4.90 Å². The van der Waals surface area contributed by atoms with Crippen LogP contribution in [0, 0.1) is 0 Å². The van der Waals surface area contributed by atoms with Crippen LogP contribution in [0.1, 0.15) is 29.1 Å². The van der Waals surface area contributed by atoms with Crippen LogP contribution in [0.4, 0.5) is 0 Å². The van der Waals surface area contributed by atoms with E-state index in [9.17, 15) is 0 Å². The minimum absolute atomic E-state index is 0.677. The molecule has 1 aromatic carbocycles. The summed E-state index contributed by atoms with van der Waals surface area (Å²) in [5.41, 5.74) is 2.47. The van der Waals surface area contributed by atoms with E-state index in [1.807, 2.05) is 12.1 Å². The molecule has 1 atom stereocenters. The molecule has 2 heterocycles. The first-order chi connectivity index (χ1) is 11.1. The third-order valence-corrected chi connectivity index (χ3v) is 5.61. The van der Waals surface area contributed by atoms with Crippen molar-refractivity contribution in [2.75, 3.05) is 27.2 Å². The zero-order valence-corrected chi connectivity index (χ0v) is 15.4. The molecular formula is C18H24ClN3S. The third kappa shape index (κ3) is 4.77. The van der Waals surface area contributed by atoms with E-state index in [1.165, 1.54) is 35.7 Å². The first kappa shape index (κ1) is 16.9. The Bertz CT molecular complexity index is 623. The molecule has 1 aliphatic heterocycles. The average Bonchev–Trinajstić information content (AvgIpc) is 2.97. The summed E-state index contributed by atoms with van der Waals surface area (Å²) in [5.74, 6) is 0. The fraction of sp³-hybridized carbons (Fsp3) is 0.500. The summed E-state index contributed by atoms with van der Waals surface area (Å²) < 4.78 is 0. The third-order valence-electron chi connectivity index (χ3n) is 4.46. The molecule has 1 fully saturated rings. The molecule has 1 saturated heterocycles. The lowest BCUT2D eigenvalue weighted by Crippen LogP contribution is -2.44. The monoisotopic (exact) mass is 349 g/mol. The van der Waals surface area contributed by atoms with Crippen molar-refractivity contribution in [3.8, 4) is 0 Å². The smallest absolute Gasteiger partial charge is 0.0972 e. The lowest BCUT2D eigenvalue weighted by Gasteiger charge is -2.35. The van der Waals surface area contributed by atoms with E-state index in [0.29, 0.717) is 6.04 Å². The first-order valence-corrected chi connectivity index (χ1v) is 9.42. The second-order valence-corrected chi connectivity index (χ2v) is 7.91. The molecule has 1 aliphatic rings. The molecule has 0 amide bonds. The molecular weight excluding hydrogens is 326 g/mol. The lowest BCUT2D eigenvalue weighted by atomic mass is 10.0. The maximum Gasteiger partial charge on any atom is 0.0972 e. The van der Waals surface area contributed by atoms with E-state index in [2.05, 4.69) is 41.4 Å². The maximum absolute atomic E-state index is 5.94. The second-order valence-electron chi connectivity index (χ2n) is 6.53. The van der Waals surface area contributed by atoms with Gasteiger partial charge in [-0.1, -0.05) is 23.7 Å². The van der Waals surface area contributed by atoms with Gasteiger partial charge >= 0.3 is 0 Å². The minimum Gasteiger partial charge on any atom is -0.305 e. The van der Waals surface area contributed by atoms with E-state index < -0.39 is 0 Å². The van der Waals surface area contributed by atoms with Gasteiger partial charge in [-0.15, -0.1) is 11.3 Å². The number of rotatable bonds is 5. The van der Waals surface area contributed by atoms with Crippen LogP contribution >= 0.6 is 22.9 Å². The molecule has 1 aromatic heterocycles. The molecule has 1 unspecified atom stereocenters. The van der Waals surface area contributed by atoms with Gasteiger partial charge in [-0.25, -0.2) is 4.98 Å².